The minimum atomic E-state index is -1.06. The van der Waals surface area contributed by atoms with Gasteiger partial charge < -0.3 is 10.6 Å². The number of hydrogen-bond donors (Lipinski definition) is 2. The molecule has 6 heteroatoms. The van der Waals surface area contributed by atoms with E-state index in [1.54, 1.807) is 42.3 Å². The van der Waals surface area contributed by atoms with E-state index < -0.39 is 10.8 Å². The molecule has 0 aliphatic rings. The predicted molar refractivity (Wildman–Crippen MR) is 97.6 cm³/mol. The zero-order chi connectivity index (χ0) is 16.7. The highest BCUT2D eigenvalue weighted by Gasteiger charge is 2.08. The van der Waals surface area contributed by atoms with Crippen LogP contribution in [-0.2, 0) is 10.8 Å². The highest BCUT2D eigenvalue weighted by molar-refractivity contribution is 8.00. The van der Waals surface area contributed by atoms with Crippen LogP contribution in [0.25, 0.3) is 0 Å². The minimum absolute atomic E-state index is 0.260. The number of benzene rings is 2. The fraction of sp³-hybridized carbons (Fsp3) is 0.235. The van der Waals surface area contributed by atoms with E-state index in [1.165, 1.54) is 4.90 Å². The fourth-order valence-electron chi connectivity index (χ4n) is 1.94. The Morgan fingerprint density at radius 1 is 1.17 bits per heavy atom. The average Bonchev–Trinajstić information content (AvgIpc) is 2.54. The molecule has 2 atom stereocenters. The molecule has 23 heavy (non-hydrogen) atoms. The highest BCUT2D eigenvalue weighted by atomic mass is 32.2. The first kappa shape index (κ1) is 17.6. The van der Waals surface area contributed by atoms with Gasteiger partial charge in [0, 0.05) is 44.3 Å². The number of amides is 2. The van der Waals surface area contributed by atoms with Crippen LogP contribution in [0.15, 0.2) is 64.4 Å². The van der Waals surface area contributed by atoms with E-state index in [0.29, 0.717) is 17.1 Å². The summed E-state index contributed by atoms with van der Waals surface area (Å²) in [5.74, 6) is 0. The first-order valence-electron chi connectivity index (χ1n) is 7.24. The SMILES string of the molecule is C[C@H](CNC(=O)Nc1cccc([S@](C)=O)c1)Sc1ccccc1. The van der Waals surface area contributed by atoms with Gasteiger partial charge in [0.2, 0.25) is 0 Å². The summed E-state index contributed by atoms with van der Waals surface area (Å²) < 4.78 is 11.5. The van der Waals surface area contributed by atoms with Crippen molar-refractivity contribution in [2.45, 2.75) is 22.0 Å². The van der Waals surface area contributed by atoms with E-state index in [9.17, 15) is 9.00 Å². The molecule has 0 saturated heterocycles. The van der Waals surface area contributed by atoms with Crippen LogP contribution in [0, 0.1) is 0 Å². The number of carbonyl (C=O) groups is 1. The first-order chi connectivity index (χ1) is 11.0. The Bertz CT molecular complexity index is 677. The molecule has 0 unspecified atom stereocenters. The average molecular weight is 348 g/mol. The van der Waals surface area contributed by atoms with Crippen molar-refractivity contribution in [2.75, 3.05) is 18.1 Å². The summed E-state index contributed by atoms with van der Waals surface area (Å²) in [5, 5.41) is 5.88. The van der Waals surface area contributed by atoms with Crippen molar-refractivity contribution in [2.24, 2.45) is 0 Å². The van der Waals surface area contributed by atoms with Gasteiger partial charge in [-0.1, -0.05) is 31.2 Å². The second kappa shape index (κ2) is 8.74. The lowest BCUT2D eigenvalue weighted by Crippen LogP contribution is -2.33. The number of anilines is 1. The normalized spacial score (nSPS) is 13.1. The third kappa shape index (κ3) is 6.08. The molecule has 0 saturated carbocycles. The molecule has 0 bridgehead atoms. The molecule has 2 rings (SSSR count). The van der Waals surface area contributed by atoms with Gasteiger partial charge in [-0.2, -0.15) is 0 Å². The smallest absolute Gasteiger partial charge is 0.319 e. The lowest BCUT2D eigenvalue weighted by Gasteiger charge is -2.13. The zero-order valence-electron chi connectivity index (χ0n) is 13.1. The number of hydrogen-bond acceptors (Lipinski definition) is 3. The minimum Gasteiger partial charge on any atom is -0.337 e. The van der Waals surface area contributed by atoms with Crippen LogP contribution in [0.5, 0.6) is 0 Å². The molecule has 0 aliphatic heterocycles. The molecule has 2 amide bonds. The quantitative estimate of drug-likeness (QED) is 0.782. The van der Waals surface area contributed by atoms with E-state index in [4.69, 9.17) is 0 Å². The number of carbonyl (C=O) groups excluding carboxylic acids is 1. The van der Waals surface area contributed by atoms with Gasteiger partial charge in [0.25, 0.3) is 0 Å². The van der Waals surface area contributed by atoms with Crippen molar-refractivity contribution in [1.29, 1.82) is 0 Å². The van der Waals surface area contributed by atoms with Crippen LogP contribution in [0.1, 0.15) is 6.92 Å². The lowest BCUT2D eigenvalue weighted by atomic mass is 10.3. The summed E-state index contributed by atoms with van der Waals surface area (Å²) in [6, 6.07) is 16.9. The molecule has 0 radical (unpaired) electrons. The largest absolute Gasteiger partial charge is 0.337 e. The number of urea groups is 1. The first-order valence-corrected chi connectivity index (χ1v) is 9.68. The Labute approximate surface area is 143 Å². The van der Waals surface area contributed by atoms with E-state index >= 15 is 0 Å². The van der Waals surface area contributed by atoms with Crippen LogP contribution in [0.2, 0.25) is 0 Å². The van der Waals surface area contributed by atoms with Crippen LogP contribution in [-0.4, -0.2) is 28.3 Å². The van der Waals surface area contributed by atoms with E-state index in [-0.39, 0.29) is 11.3 Å². The van der Waals surface area contributed by atoms with Crippen molar-refractivity contribution < 1.29 is 9.00 Å². The third-order valence-electron chi connectivity index (χ3n) is 3.05. The van der Waals surface area contributed by atoms with Crippen molar-refractivity contribution in [3.05, 3.63) is 54.6 Å². The van der Waals surface area contributed by atoms with Crippen LogP contribution in [0.3, 0.4) is 0 Å². The zero-order valence-corrected chi connectivity index (χ0v) is 14.7. The predicted octanol–water partition coefficient (Wildman–Crippen LogP) is 3.73. The number of rotatable bonds is 6. The molecule has 0 spiro atoms. The molecule has 4 nitrogen and oxygen atoms in total. The van der Waals surface area contributed by atoms with Gasteiger partial charge in [0.1, 0.15) is 0 Å². The fourth-order valence-corrected chi connectivity index (χ4v) is 3.45. The number of nitrogens with one attached hydrogen (secondary N) is 2. The summed E-state index contributed by atoms with van der Waals surface area (Å²) in [7, 11) is -1.06. The molecule has 0 fully saturated rings. The molecule has 2 aromatic rings. The maximum absolute atomic E-state index is 11.9. The Hall–Kier alpha value is -1.79. The monoisotopic (exact) mass is 348 g/mol. The second-order valence-electron chi connectivity index (χ2n) is 5.06. The van der Waals surface area contributed by atoms with Crippen molar-refractivity contribution >= 4 is 34.3 Å². The summed E-state index contributed by atoms with van der Waals surface area (Å²) in [4.78, 5) is 13.8. The second-order valence-corrected chi connectivity index (χ2v) is 7.95. The summed E-state index contributed by atoms with van der Waals surface area (Å²) in [6.07, 6.45) is 1.61. The Morgan fingerprint density at radius 3 is 2.61 bits per heavy atom. The van der Waals surface area contributed by atoms with Gasteiger partial charge in [-0.25, -0.2) is 4.79 Å². The molecule has 0 heterocycles. The maximum atomic E-state index is 11.9. The Kier molecular flexibility index (Phi) is 6.67. The van der Waals surface area contributed by atoms with Crippen molar-refractivity contribution in [1.82, 2.24) is 5.32 Å². The molecular weight excluding hydrogens is 328 g/mol. The standard InChI is InChI=1S/C17H20N2O2S2/c1-13(22-15-8-4-3-5-9-15)12-18-17(20)19-14-7-6-10-16(11-14)23(2)21/h3-11,13H,12H2,1-2H3,(H2,18,19,20)/t13-,23+/m1/s1. The van der Waals surface area contributed by atoms with E-state index in [1.807, 2.05) is 18.2 Å². The van der Waals surface area contributed by atoms with Crippen molar-refractivity contribution in [3.8, 4) is 0 Å². The molecule has 0 aromatic heterocycles. The van der Waals surface area contributed by atoms with Crippen LogP contribution in [0.4, 0.5) is 10.5 Å². The number of thioether (sulfide) groups is 1. The van der Waals surface area contributed by atoms with Crippen LogP contribution >= 0.6 is 11.8 Å². The van der Waals surface area contributed by atoms with Gasteiger partial charge in [-0.15, -0.1) is 11.8 Å². The van der Waals surface area contributed by atoms with Gasteiger partial charge in [0.15, 0.2) is 0 Å². The van der Waals surface area contributed by atoms with Gasteiger partial charge in [-0.05, 0) is 30.3 Å². The molecule has 122 valence electrons. The third-order valence-corrected chi connectivity index (χ3v) is 5.09. The summed E-state index contributed by atoms with van der Waals surface area (Å²) in [6.45, 7) is 2.63. The lowest BCUT2D eigenvalue weighted by molar-refractivity contribution is 0.252. The highest BCUT2D eigenvalue weighted by Crippen LogP contribution is 2.22. The van der Waals surface area contributed by atoms with E-state index in [0.717, 1.165) is 0 Å². The maximum Gasteiger partial charge on any atom is 0.319 e. The Balaban J connectivity index is 1.81. The van der Waals surface area contributed by atoms with Gasteiger partial charge in [0.05, 0.1) is 0 Å². The van der Waals surface area contributed by atoms with Gasteiger partial charge in [-0.3, -0.25) is 4.21 Å². The summed E-state index contributed by atoms with van der Waals surface area (Å²) >= 11 is 1.72. The molecule has 2 aromatic carbocycles. The molecule has 2 N–H and O–H groups in total. The van der Waals surface area contributed by atoms with Gasteiger partial charge >= 0.3 is 6.03 Å². The van der Waals surface area contributed by atoms with E-state index in [2.05, 4.69) is 29.7 Å². The molecular formula is C17H20N2O2S2. The Morgan fingerprint density at radius 2 is 1.91 bits per heavy atom. The van der Waals surface area contributed by atoms with Crippen molar-refractivity contribution in [3.63, 3.8) is 0 Å². The topological polar surface area (TPSA) is 58.2 Å². The van der Waals surface area contributed by atoms with Crippen LogP contribution < -0.4 is 10.6 Å². The molecule has 0 aliphatic carbocycles. The summed E-state index contributed by atoms with van der Waals surface area (Å²) in [5.41, 5.74) is 0.638.